The molecule has 25 heavy (non-hydrogen) atoms. The second-order valence-corrected chi connectivity index (χ2v) is 5.66. The number of carboxylic acids is 1. The highest BCUT2D eigenvalue weighted by molar-refractivity contribution is 5.93. The third-order valence-corrected chi connectivity index (χ3v) is 3.94. The van der Waals surface area contributed by atoms with Gasteiger partial charge in [0.05, 0.1) is 10.4 Å². The predicted molar refractivity (Wildman–Crippen MR) is 92.6 cm³/mol. The predicted octanol–water partition coefficient (Wildman–Crippen LogP) is 2.59. The maximum atomic E-state index is 11.6. The van der Waals surface area contributed by atoms with Crippen molar-refractivity contribution >= 4 is 28.4 Å². The maximum absolute atomic E-state index is 11.6. The van der Waals surface area contributed by atoms with Crippen LogP contribution in [0.4, 0.5) is 11.5 Å². The van der Waals surface area contributed by atoms with E-state index >= 15 is 0 Å². The van der Waals surface area contributed by atoms with Crippen LogP contribution < -0.4 is 5.32 Å². The molecule has 1 atom stereocenters. The summed E-state index contributed by atoms with van der Waals surface area (Å²) in [4.78, 5) is 22.0. The Kier molecular flexibility index (Phi) is 4.34. The van der Waals surface area contributed by atoms with Gasteiger partial charge in [0.2, 0.25) is 0 Å². The van der Waals surface area contributed by atoms with Gasteiger partial charge in [-0.2, -0.15) is 5.10 Å². The number of carboxylic acid groups (broad SMARTS) is 1. The van der Waals surface area contributed by atoms with Crippen LogP contribution in [-0.2, 0) is 18.3 Å². The first-order chi connectivity index (χ1) is 12.0. The number of nitro groups is 1. The SMILES string of the molecule is Cn1nc(N[C@@H](Cc2ccccc2)C(=O)O)c2ccc([N+](=O)[O-])cc21. The minimum atomic E-state index is -0.996. The normalized spacial score (nSPS) is 12.0. The molecular formula is C17H16N4O4. The zero-order chi connectivity index (χ0) is 18.0. The summed E-state index contributed by atoms with van der Waals surface area (Å²) in [5.41, 5.74) is 1.40. The first-order valence-corrected chi connectivity index (χ1v) is 7.60. The molecule has 2 aromatic carbocycles. The quantitative estimate of drug-likeness (QED) is 0.527. The van der Waals surface area contributed by atoms with Gasteiger partial charge in [0.25, 0.3) is 5.69 Å². The van der Waals surface area contributed by atoms with Crippen LogP contribution in [-0.4, -0.2) is 31.8 Å². The van der Waals surface area contributed by atoms with Crippen molar-refractivity contribution in [2.75, 3.05) is 5.32 Å². The van der Waals surface area contributed by atoms with Gasteiger partial charge < -0.3 is 10.4 Å². The van der Waals surface area contributed by atoms with Gasteiger partial charge in [-0.1, -0.05) is 30.3 Å². The number of non-ortho nitro benzene ring substituents is 1. The number of rotatable bonds is 6. The lowest BCUT2D eigenvalue weighted by atomic mass is 10.1. The lowest BCUT2D eigenvalue weighted by molar-refractivity contribution is -0.384. The van der Waals surface area contributed by atoms with Crippen LogP contribution in [0.15, 0.2) is 48.5 Å². The van der Waals surface area contributed by atoms with E-state index in [1.54, 1.807) is 13.1 Å². The van der Waals surface area contributed by atoms with Crippen LogP contribution in [0.2, 0.25) is 0 Å². The Morgan fingerprint density at radius 2 is 2.04 bits per heavy atom. The molecule has 0 aliphatic heterocycles. The van der Waals surface area contributed by atoms with Gasteiger partial charge in [0, 0.05) is 31.0 Å². The summed E-state index contributed by atoms with van der Waals surface area (Å²) < 4.78 is 1.49. The zero-order valence-corrected chi connectivity index (χ0v) is 13.4. The molecule has 0 aliphatic rings. The van der Waals surface area contributed by atoms with E-state index in [1.165, 1.54) is 16.8 Å². The number of aliphatic carboxylic acids is 1. The van der Waals surface area contributed by atoms with Gasteiger partial charge in [-0.05, 0) is 11.6 Å². The zero-order valence-electron chi connectivity index (χ0n) is 13.4. The van der Waals surface area contributed by atoms with Crippen molar-refractivity contribution in [2.24, 2.45) is 7.05 Å². The summed E-state index contributed by atoms with van der Waals surface area (Å²) in [5.74, 6) is -0.611. The van der Waals surface area contributed by atoms with E-state index in [2.05, 4.69) is 10.4 Å². The van der Waals surface area contributed by atoms with Crippen molar-refractivity contribution in [1.82, 2.24) is 9.78 Å². The number of hydrogen-bond donors (Lipinski definition) is 2. The Labute approximate surface area is 142 Å². The maximum Gasteiger partial charge on any atom is 0.326 e. The van der Waals surface area contributed by atoms with Gasteiger partial charge in [0.1, 0.15) is 6.04 Å². The molecule has 1 heterocycles. The van der Waals surface area contributed by atoms with E-state index < -0.39 is 16.9 Å². The lowest BCUT2D eigenvalue weighted by Gasteiger charge is -2.14. The molecule has 3 rings (SSSR count). The van der Waals surface area contributed by atoms with E-state index in [9.17, 15) is 20.0 Å². The first kappa shape index (κ1) is 16.4. The molecule has 0 radical (unpaired) electrons. The van der Waals surface area contributed by atoms with Crippen LogP contribution in [0.3, 0.4) is 0 Å². The van der Waals surface area contributed by atoms with Crippen molar-refractivity contribution in [3.63, 3.8) is 0 Å². The molecule has 0 bridgehead atoms. The second kappa shape index (κ2) is 6.60. The Morgan fingerprint density at radius 1 is 1.32 bits per heavy atom. The number of nitrogens with one attached hydrogen (secondary N) is 1. The third-order valence-electron chi connectivity index (χ3n) is 3.94. The lowest BCUT2D eigenvalue weighted by Crippen LogP contribution is -2.31. The molecular weight excluding hydrogens is 324 g/mol. The van der Waals surface area contributed by atoms with Crippen LogP contribution >= 0.6 is 0 Å². The molecule has 0 amide bonds. The Balaban J connectivity index is 1.92. The van der Waals surface area contributed by atoms with E-state index in [-0.39, 0.29) is 5.69 Å². The summed E-state index contributed by atoms with van der Waals surface area (Å²) in [5, 5.41) is 28.3. The Hall–Kier alpha value is -3.42. The standard InChI is InChI=1S/C17H16N4O4/c1-20-15-10-12(21(24)25)7-8-13(15)16(19-20)18-14(17(22)23)9-11-5-3-2-4-6-11/h2-8,10,14H,9H2,1H3,(H,18,19)(H,22,23)/t14-/m0/s1. The van der Waals surface area contributed by atoms with E-state index in [0.29, 0.717) is 23.1 Å². The number of carbonyl (C=O) groups is 1. The highest BCUT2D eigenvalue weighted by Gasteiger charge is 2.21. The monoisotopic (exact) mass is 340 g/mol. The van der Waals surface area contributed by atoms with Gasteiger partial charge in [-0.25, -0.2) is 4.79 Å². The molecule has 0 fully saturated rings. The van der Waals surface area contributed by atoms with Crippen molar-refractivity contribution < 1.29 is 14.8 Å². The number of benzene rings is 2. The molecule has 0 spiro atoms. The molecule has 8 heteroatoms. The highest BCUT2D eigenvalue weighted by atomic mass is 16.6. The fraction of sp³-hybridized carbons (Fsp3) is 0.176. The van der Waals surface area contributed by atoms with E-state index in [1.807, 2.05) is 30.3 Å². The highest BCUT2D eigenvalue weighted by Crippen LogP contribution is 2.27. The Morgan fingerprint density at radius 3 is 2.68 bits per heavy atom. The van der Waals surface area contributed by atoms with Crippen LogP contribution in [0.1, 0.15) is 5.56 Å². The molecule has 128 valence electrons. The number of nitrogens with zero attached hydrogens (tertiary/aromatic N) is 3. The number of aromatic nitrogens is 2. The van der Waals surface area contributed by atoms with Crippen molar-refractivity contribution in [2.45, 2.75) is 12.5 Å². The fourth-order valence-electron chi connectivity index (χ4n) is 2.68. The van der Waals surface area contributed by atoms with Gasteiger partial charge in [-0.15, -0.1) is 0 Å². The smallest absolute Gasteiger partial charge is 0.326 e. The van der Waals surface area contributed by atoms with Crippen molar-refractivity contribution in [1.29, 1.82) is 0 Å². The number of nitro benzene ring substituents is 1. The van der Waals surface area contributed by atoms with E-state index in [4.69, 9.17) is 0 Å². The topological polar surface area (TPSA) is 110 Å². The molecule has 1 aromatic heterocycles. The molecule has 0 saturated heterocycles. The average Bonchev–Trinajstić information content (AvgIpc) is 2.90. The minimum absolute atomic E-state index is 0.0406. The largest absolute Gasteiger partial charge is 0.480 e. The second-order valence-electron chi connectivity index (χ2n) is 5.66. The van der Waals surface area contributed by atoms with Crippen LogP contribution in [0.25, 0.3) is 10.9 Å². The molecule has 0 aliphatic carbocycles. The third kappa shape index (κ3) is 3.42. The molecule has 0 unspecified atom stereocenters. The summed E-state index contributed by atoms with van der Waals surface area (Å²) in [7, 11) is 1.66. The van der Waals surface area contributed by atoms with Crippen LogP contribution in [0.5, 0.6) is 0 Å². The molecule has 0 saturated carbocycles. The van der Waals surface area contributed by atoms with Gasteiger partial charge >= 0.3 is 5.97 Å². The van der Waals surface area contributed by atoms with Gasteiger partial charge in [0.15, 0.2) is 5.82 Å². The summed E-state index contributed by atoms with van der Waals surface area (Å²) in [6.45, 7) is 0. The summed E-state index contributed by atoms with van der Waals surface area (Å²) >= 11 is 0. The number of hydrogen-bond acceptors (Lipinski definition) is 5. The number of anilines is 1. The van der Waals surface area contributed by atoms with E-state index in [0.717, 1.165) is 5.56 Å². The fourth-order valence-corrected chi connectivity index (χ4v) is 2.68. The molecule has 3 aromatic rings. The van der Waals surface area contributed by atoms with Crippen molar-refractivity contribution in [3.05, 3.63) is 64.2 Å². The van der Waals surface area contributed by atoms with Crippen LogP contribution in [0, 0.1) is 10.1 Å². The first-order valence-electron chi connectivity index (χ1n) is 7.60. The minimum Gasteiger partial charge on any atom is -0.480 e. The number of fused-ring (bicyclic) bond motifs is 1. The average molecular weight is 340 g/mol. The molecule has 2 N–H and O–H groups in total. The van der Waals surface area contributed by atoms with Crippen molar-refractivity contribution in [3.8, 4) is 0 Å². The Bertz CT molecular complexity index is 936. The summed E-state index contributed by atoms with van der Waals surface area (Å²) in [6, 6.07) is 12.8. The summed E-state index contributed by atoms with van der Waals surface area (Å²) in [6.07, 6.45) is 0.293. The number of aryl methyl sites for hydroxylation is 1. The molecule has 8 nitrogen and oxygen atoms in total. The van der Waals surface area contributed by atoms with Gasteiger partial charge in [-0.3, -0.25) is 14.8 Å².